The molecule has 0 radical (unpaired) electrons. The normalized spacial score (nSPS) is 25.1. The van der Waals surface area contributed by atoms with Crippen LogP contribution in [0.2, 0.25) is 0 Å². The molecule has 1 aliphatic heterocycles. The lowest BCUT2D eigenvalue weighted by molar-refractivity contribution is -0.153. The van der Waals surface area contributed by atoms with Crippen molar-refractivity contribution in [2.45, 2.75) is 50.4 Å². The van der Waals surface area contributed by atoms with Gasteiger partial charge in [-0.1, -0.05) is 6.07 Å². The molecule has 1 spiro atoms. The molecule has 3 nitrogen and oxygen atoms in total. The standard InChI is InChI=1S/C15H19FO3/c16-13-8-11(10-17)2-3-14(13)19-12-4-7-18-15(9-12)5-1-6-15/h2-3,8,12,17H,1,4-7,9-10H2. The average Bonchev–Trinajstić information content (AvgIpc) is 2.39. The van der Waals surface area contributed by atoms with Gasteiger partial charge in [0.2, 0.25) is 0 Å². The largest absolute Gasteiger partial charge is 0.487 e. The van der Waals surface area contributed by atoms with E-state index in [-0.39, 0.29) is 24.1 Å². The topological polar surface area (TPSA) is 38.7 Å². The molecule has 1 heterocycles. The van der Waals surface area contributed by atoms with Crippen molar-refractivity contribution in [3.63, 3.8) is 0 Å². The summed E-state index contributed by atoms with van der Waals surface area (Å²) in [5.41, 5.74) is 0.567. The van der Waals surface area contributed by atoms with Crippen LogP contribution in [0.4, 0.5) is 4.39 Å². The molecule has 1 N–H and O–H groups in total. The lowest BCUT2D eigenvalue weighted by Crippen LogP contribution is -2.48. The second-order valence-corrected chi connectivity index (χ2v) is 5.54. The molecule has 2 fully saturated rings. The van der Waals surface area contributed by atoms with Gasteiger partial charge in [-0.2, -0.15) is 0 Å². The van der Waals surface area contributed by atoms with Gasteiger partial charge in [-0.3, -0.25) is 0 Å². The minimum Gasteiger partial charge on any atom is -0.487 e. The highest BCUT2D eigenvalue weighted by atomic mass is 19.1. The SMILES string of the molecule is OCc1ccc(OC2CCOC3(CCC3)C2)c(F)c1. The van der Waals surface area contributed by atoms with Gasteiger partial charge < -0.3 is 14.6 Å². The first-order valence-corrected chi connectivity index (χ1v) is 6.91. The Labute approximate surface area is 112 Å². The molecule has 1 saturated carbocycles. The number of hydrogen-bond donors (Lipinski definition) is 1. The Morgan fingerprint density at radius 1 is 1.42 bits per heavy atom. The van der Waals surface area contributed by atoms with Crippen LogP contribution in [0.25, 0.3) is 0 Å². The summed E-state index contributed by atoms with van der Waals surface area (Å²) in [5, 5.41) is 8.96. The second-order valence-electron chi connectivity index (χ2n) is 5.54. The van der Waals surface area contributed by atoms with Gasteiger partial charge in [0.15, 0.2) is 11.6 Å². The Kier molecular flexibility index (Phi) is 3.46. The Morgan fingerprint density at radius 2 is 2.26 bits per heavy atom. The van der Waals surface area contributed by atoms with Crippen molar-refractivity contribution >= 4 is 0 Å². The van der Waals surface area contributed by atoms with Crippen LogP contribution in [0.5, 0.6) is 5.75 Å². The number of halogens is 1. The Morgan fingerprint density at radius 3 is 2.89 bits per heavy atom. The van der Waals surface area contributed by atoms with Crippen LogP contribution >= 0.6 is 0 Å². The molecule has 0 amide bonds. The molecule has 1 aliphatic carbocycles. The zero-order valence-corrected chi connectivity index (χ0v) is 10.9. The fourth-order valence-electron chi connectivity index (χ4n) is 2.92. The number of rotatable bonds is 3. The summed E-state index contributed by atoms with van der Waals surface area (Å²) in [5.74, 6) is -0.126. The van der Waals surface area contributed by atoms with E-state index in [9.17, 15) is 4.39 Å². The van der Waals surface area contributed by atoms with E-state index in [1.807, 2.05) is 0 Å². The van der Waals surface area contributed by atoms with Gasteiger partial charge in [-0.25, -0.2) is 4.39 Å². The van der Waals surface area contributed by atoms with Crippen LogP contribution in [0.1, 0.15) is 37.7 Å². The Hall–Kier alpha value is -1.13. The molecule has 2 aliphatic rings. The van der Waals surface area contributed by atoms with Crippen LogP contribution < -0.4 is 4.74 Å². The third-order valence-corrected chi connectivity index (χ3v) is 4.19. The summed E-state index contributed by atoms with van der Waals surface area (Å²) in [6, 6.07) is 4.62. The van der Waals surface area contributed by atoms with E-state index in [1.165, 1.54) is 12.5 Å². The van der Waals surface area contributed by atoms with E-state index in [0.717, 1.165) is 25.7 Å². The van der Waals surface area contributed by atoms with Crippen molar-refractivity contribution in [2.24, 2.45) is 0 Å². The quantitative estimate of drug-likeness (QED) is 0.914. The van der Waals surface area contributed by atoms with Gasteiger partial charge >= 0.3 is 0 Å². The molecule has 1 saturated heterocycles. The highest BCUT2D eigenvalue weighted by Crippen LogP contribution is 2.43. The van der Waals surface area contributed by atoms with Gasteiger partial charge in [0.05, 0.1) is 18.8 Å². The van der Waals surface area contributed by atoms with Crippen LogP contribution in [-0.2, 0) is 11.3 Å². The van der Waals surface area contributed by atoms with Crippen molar-refractivity contribution in [1.82, 2.24) is 0 Å². The number of aliphatic hydroxyl groups excluding tert-OH is 1. The van der Waals surface area contributed by atoms with E-state index >= 15 is 0 Å². The number of ether oxygens (including phenoxy) is 2. The third kappa shape index (κ3) is 2.60. The summed E-state index contributed by atoms with van der Waals surface area (Å²) in [4.78, 5) is 0. The molecule has 0 bridgehead atoms. The molecular weight excluding hydrogens is 247 g/mol. The van der Waals surface area contributed by atoms with Crippen molar-refractivity contribution in [1.29, 1.82) is 0 Å². The molecule has 1 atom stereocenters. The summed E-state index contributed by atoms with van der Waals surface area (Å²) in [6.07, 6.45) is 5.10. The molecule has 104 valence electrons. The second kappa shape index (κ2) is 5.10. The first kappa shape index (κ1) is 12.9. The van der Waals surface area contributed by atoms with Gasteiger partial charge in [-0.15, -0.1) is 0 Å². The third-order valence-electron chi connectivity index (χ3n) is 4.19. The summed E-state index contributed by atoms with van der Waals surface area (Å²) >= 11 is 0. The smallest absolute Gasteiger partial charge is 0.165 e. The highest BCUT2D eigenvalue weighted by molar-refractivity contribution is 5.29. The minimum atomic E-state index is -0.402. The van der Waals surface area contributed by atoms with Crippen LogP contribution in [0.3, 0.4) is 0 Å². The van der Waals surface area contributed by atoms with E-state index in [4.69, 9.17) is 14.6 Å². The maximum atomic E-state index is 13.8. The zero-order valence-electron chi connectivity index (χ0n) is 10.9. The van der Waals surface area contributed by atoms with Crippen LogP contribution in [0, 0.1) is 5.82 Å². The van der Waals surface area contributed by atoms with E-state index in [2.05, 4.69) is 0 Å². The monoisotopic (exact) mass is 266 g/mol. The van der Waals surface area contributed by atoms with E-state index < -0.39 is 5.82 Å². The zero-order chi connectivity index (χ0) is 13.3. The lowest BCUT2D eigenvalue weighted by Gasteiger charge is -2.46. The fraction of sp³-hybridized carbons (Fsp3) is 0.600. The van der Waals surface area contributed by atoms with Gasteiger partial charge in [-0.05, 0) is 37.0 Å². The molecule has 4 heteroatoms. The lowest BCUT2D eigenvalue weighted by atomic mass is 9.74. The first-order valence-electron chi connectivity index (χ1n) is 6.91. The van der Waals surface area contributed by atoms with Crippen molar-refractivity contribution in [2.75, 3.05) is 6.61 Å². The van der Waals surface area contributed by atoms with Crippen LogP contribution in [0.15, 0.2) is 18.2 Å². The first-order chi connectivity index (χ1) is 9.21. The summed E-state index contributed by atoms with van der Waals surface area (Å²) in [7, 11) is 0. The predicted octanol–water partition coefficient (Wildman–Crippen LogP) is 2.80. The number of hydrogen-bond acceptors (Lipinski definition) is 3. The molecule has 19 heavy (non-hydrogen) atoms. The van der Waals surface area contributed by atoms with Gasteiger partial charge in [0.1, 0.15) is 6.10 Å². The number of benzene rings is 1. The van der Waals surface area contributed by atoms with Gasteiger partial charge in [0.25, 0.3) is 0 Å². The molecule has 3 rings (SSSR count). The molecule has 0 aromatic heterocycles. The maximum Gasteiger partial charge on any atom is 0.165 e. The highest BCUT2D eigenvalue weighted by Gasteiger charge is 2.43. The van der Waals surface area contributed by atoms with E-state index in [0.29, 0.717) is 12.2 Å². The van der Waals surface area contributed by atoms with Crippen molar-refractivity contribution in [3.05, 3.63) is 29.6 Å². The molecular formula is C15H19FO3. The Bertz CT molecular complexity index is 457. The van der Waals surface area contributed by atoms with Crippen LogP contribution in [-0.4, -0.2) is 23.4 Å². The minimum absolute atomic E-state index is 0.00440. The average molecular weight is 266 g/mol. The Balaban J connectivity index is 1.67. The summed E-state index contributed by atoms with van der Waals surface area (Å²) in [6.45, 7) is 0.540. The fourth-order valence-corrected chi connectivity index (χ4v) is 2.92. The maximum absolute atomic E-state index is 13.8. The molecule has 1 aromatic carbocycles. The van der Waals surface area contributed by atoms with Crippen molar-refractivity contribution in [3.8, 4) is 5.75 Å². The number of aliphatic hydroxyl groups is 1. The summed E-state index contributed by atoms with van der Waals surface area (Å²) < 4.78 is 25.4. The molecule has 1 aromatic rings. The van der Waals surface area contributed by atoms with Gasteiger partial charge in [0, 0.05) is 12.8 Å². The van der Waals surface area contributed by atoms with Crippen molar-refractivity contribution < 1.29 is 19.0 Å². The van der Waals surface area contributed by atoms with E-state index in [1.54, 1.807) is 12.1 Å². The molecule has 1 unspecified atom stereocenters. The predicted molar refractivity (Wildman–Crippen MR) is 68.5 cm³/mol.